The third kappa shape index (κ3) is 4.35. The maximum absolute atomic E-state index is 12.4. The number of nitrogens with one attached hydrogen (secondary N) is 2. The first-order valence-electron chi connectivity index (χ1n) is 7.47. The van der Waals surface area contributed by atoms with Crippen LogP contribution in [0.25, 0.3) is 0 Å². The number of carbonyl (C=O) groups is 1. The maximum Gasteiger partial charge on any atom is 0.251 e. The standard InChI is InChI=1S/C15H24N4OS/c1-3-11-7-10(8-14(17-11)19-16)15(20)18-12-5-4-6-13(9-12)21-2/h7-8,12-13H,3-6,9,16H2,1-2H3,(H,17,19)(H,18,20). The first kappa shape index (κ1) is 16.1. The highest BCUT2D eigenvalue weighted by Crippen LogP contribution is 2.27. The van der Waals surface area contributed by atoms with Gasteiger partial charge in [-0.3, -0.25) is 4.79 Å². The highest BCUT2D eigenvalue weighted by molar-refractivity contribution is 7.99. The lowest BCUT2D eigenvalue weighted by atomic mass is 9.94. The molecule has 2 rings (SSSR count). The molecule has 0 aromatic carbocycles. The Morgan fingerprint density at radius 3 is 2.95 bits per heavy atom. The summed E-state index contributed by atoms with van der Waals surface area (Å²) in [5.41, 5.74) is 4.01. The Morgan fingerprint density at radius 1 is 1.48 bits per heavy atom. The molecule has 0 aliphatic heterocycles. The van der Waals surface area contributed by atoms with Crippen LogP contribution in [0.4, 0.5) is 5.82 Å². The fourth-order valence-electron chi connectivity index (χ4n) is 2.73. The van der Waals surface area contributed by atoms with Crippen LogP contribution in [-0.2, 0) is 6.42 Å². The molecule has 1 saturated carbocycles. The van der Waals surface area contributed by atoms with Gasteiger partial charge in [-0.15, -0.1) is 0 Å². The van der Waals surface area contributed by atoms with Gasteiger partial charge in [-0.05, 0) is 44.1 Å². The molecule has 1 aliphatic rings. The zero-order valence-electron chi connectivity index (χ0n) is 12.7. The lowest BCUT2D eigenvalue weighted by molar-refractivity contribution is 0.0928. The monoisotopic (exact) mass is 308 g/mol. The van der Waals surface area contributed by atoms with Gasteiger partial charge >= 0.3 is 0 Å². The van der Waals surface area contributed by atoms with Crippen molar-refractivity contribution in [1.29, 1.82) is 0 Å². The normalized spacial score (nSPS) is 21.9. The van der Waals surface area contributed by atoms with Crippen LogP contribution in [0.15, 0.2) is 12.1 Å². The van der Waals surface area contributed by atoms with Gasteiger partial charge < -0.3 is 10.7 Å². The zero-order valence-corrected chi connectivity index (χ0v) is 13.5. The summed E-state index contributed by atoms with van der Waals surface area (Å²) < 4.78 is 0. The molecule has 1 heterocycles. The van der Waals surface area contributed by atoms with Crippen molar-refractivity contribution in [2.75, 3.05) is 11.7 Å². The summed E-state index contributed by atoms with van der Waals surface area (Å²) >= 11 is 1.90. The fraction of sp³-hybridized carbons (Fsp3) is 0.600. The first-order valence-corrected chi connectivity index (χ1v) is 8.76. The van der Waals surface area contributed by atoms with Crippen LogP contribution in [-0.4, -0.2) is 28.4 Å². The van der Waals surface area contributed by atoms with E-state index < -0.39 is 0 Å². The highest BCUT2D eigenvalue weighted by Gasteiger charge is 2.23. The second-order valence-corrected chi connectivity index (χ2v) is 6.56. The lowest BCUT2D eigenvalue weighted by Crippen LogP contribution is -2.39. The molecule has 0 radical (unpaired) electrons. The van der Waals surface area contributed by atoms with Gasteiger partial charge in [-0.25, -0.2) is 10.8 Å². The third-order valence-electron chi connectivity index (χ3n) is 3.95. The predicted molar refractivity (Wildman–Crippen MR) is 88.5 cm³/mol. The van der Waals surface area contributed by atoms with Crippen LogP contribution in [0.5, 0.6) is 0 Å². The van der Waals surface area contributed by atoms with Crippen molar-refractivity contribution in [3.63, 3.8) is 0 Å². The number of nitrogens with zero attached hydrogens (tertiary/aromatic N) is 1. The molecule has 0 saturated heterocycles. The van der Waals surface area contributed by atoms with Crippen molar-refractivity contribution >= 4 is 23.5 Å². The Bertz CT molecular complexity index is 472. The van der Waals surface area contributed by atoms with Crippen LogP contribution in [0, 0.1) is 0 Å². The van der Waals surface area contributed by atoms with E-state index in [1.807, 2.05) is 24.8 Å². The number of aryl methyl sites for hydroxylation is 1. The van der Waals surface area contributed by atoms with Crippen molar-refractivity contribution < 1.29 is 4.79 Å². The van der Waals surface area contributed by atoms with E-state index in [1.165, 1.54) is 12.8 Å². The maximum atomic E-state index is 12.4. The van der Waals surface area contributed by atoms with E-state index in [1.54, 1.807) is 6.07 Å². The molecule has 0 spiro atoms. The van der Waals surface area contributed by atoms with Gasteiger partial charge in [0.25, 0.3) is 5.91 Å². The van der Waals surface area contributed by atoms with Crippen molar-refractivity contribution in [2.24, 2.45) is 5.84 Å². The molecule has 1 aliphatic carbocycles. The Balaban J connectivity index is 2.05. The molecule has 6 heteroatoms. The zero-order chi connectivity index (χ0) is 15.2. The molecule has 116 valence electrons. The number of carbonyl (C=O) groups excluding carboxylic acids is 1. The van der Waals surface area contributed by atoms with Gasteiger partial charge in [0.05, 0.1) is 0 Å². The molecule has 2 unspecified atom stereocenters. The topological polar surface area (TPSA) is 80.0 Å². The SMILES string of the molecule is CCc1cc(C(=O)NC2CCCC(SC)C2)cc(NN)n1. The minimum Gasteiger partial charge on any atom is -0.349 e. The predicted octanol–water partition coefficient (Wildman–Crippen LogP) is 2.33. The summed E-state index contributed by atoms with van der Waals surface area (Å²) in [6.07, 6.45) is 7.47. The summed E-state index contributed by atoms with van der Waals surface area (Å²) in [4.78, 5) is 16.7. The molecule has 21 heavy (non-hydrogen) atoms. The molecule has 1 fully saturated rings. The van der Waals surface area contributed by atoms with Crippen molar-refractivity contribution in [2.45, 2.75) is 50.3 Å². The number of hydrogen-bond acceptors (Lipinski definition) is 5. The quantitative estimate of drug-likeness (QED) is 0.574. The van der Waals surface area contributed by atoms with Crippen LogP contribution in [0.2, 0.25) is 0 Å². The molecule has 1 aromatic rings. The largest absolute Gasteiger partial charge is 0.349 e. The third-order valence-corrected chi connectivity index (χ3v) is 5.04. The van der Waals surface area contributed by atoms with E-state index >= 15 is 0 Å². The number of hydrogen-bond donors (Lipinski definition) is 3. The number of amides is 1. The molecule has 5 nitrogen and oxygen atoms in total. The van der Waals surface area contributed by atoms with E-state index in [9.17, 15) is 4.79 Å². The van der Waals surface area contributed by atoms with Gasteiger partial charge in [0, 0.05) is 22.5 Å². The van der Waals surface area contributed by atoms with Gasteiger partial charge in [0.1, 0.15) is 5.82 Å². The molecular formula is C15H24N4OS. The van der Waals surface area contributed by atoms with Crippen LogP contribution >= 0.6 is 11.8 Å². The molecule has 4 N–H and O–H groups in total. The van der Waals surface area contributed by atoms with E-state index in [2.05, 4.69) is 22.0 Å². The number of thioether (sulfide) groups is 1. The van der Waals surface area contributed by atoms with Crippen LogP contribution < -0.4 is 16.6 Å². The Morgan fingerprint density at radius 2 is 2.29 bits per heavy atom. The highest BCUT2D eigenvalue weighted by atomic mass is 32.2. The molecule has 2 atom stereocenters. The first-order chi connectivity index (χ1) is 10.2. The number of aromatic nitrogens is 1. The van der Waals surface area contributed by atoms with E-state index in [4.69, 9.17) is 5.84 Å². The Labute approximate surface area is 130 Å². The Hall–Kier alpha value is -1.27. The number of pyridine rings is 1. The Kier molecular flexibility index (Phi) is 5.87. The molecule has 1 amide bonds. The summed E-state index contributed by atoms with van der Waals surface area (Å²) in [5, 5.41) is 3.81. The number of nitrogen functional groups attached to an aromatic ring is 1. The van der Waals surface area contributed by atoms with Crippen molar-refractivity contribution in [3.05, 3.63) is 23.4 Å². The van der Waals surface area contributed by atoms with E-state index in [0.717, 1.165) is 25.0 Å². The smallest absolute Gasteiger partial charge is 0.251 e. The number of rotatable bonds is 5. The average Bonchev–Trinajstić information content (AvgIpc) is 2.54. The number of hydrazine groups is 1. The van der Waals surface area contributed by atoms with Gasteiger partial charge in [0.2, 0.25) is 0 Å². The second kappa shape index (κ2) is 7.66. The minimum absolute atomic E-state index is 0.0321. The summed E-state index contributed by atoms with van der Waals surface area (Å²) in [7, 11) is 0. The van der Waals surface area contributed by atoms with Crippen molar-refractivity contribution in [3.8, 4) is 0 Å². The molecule has 0 bridgehead atoms. The molecular weight excluding hydrogens is 284 g/mol. The van der Waals surface area contributed by atoms with E-state index in [-0.39, 0.29) is 11.9 Å². The van der Waals surface area contributed by atoms with Gasteiger partial charge in [-0.2, -0.15) is 11.8 Å². The number of nitrogens with two attached hydrogens (primary N) is 1. The lowest BCUT2D eigenvalue weighted by Gasteiger charge is -2.28. The second-order valence-electron chi connectivity index (χ2n) is 5.42. The van der Waals surface area contributed by atoms with Crippen LogP contribution in [0.1, 0.15) is 48.7 Å². The molecule has 1 aromatic heterocycles. The average molecular weight is 308 g/mol. The van der Waals surface area contributed by atoms with Crippen LogP contribution in [0.3, 0.4) is 0 Å². The van der Waals surface area contributed by atoms with E-state index in [0.29, 0.717) is 16.6 Å². The van der Waals surface area contributed by atoms with Gasteiger partial charge in [-0.1, -0.05) is 13.3 Å². The fourth-order valence-corrected chi connectivity index (χ4v) is 3.56. The van der Waals surface area contributed by atoms with Crippen molar-refractivity contribution in [1.82, 2.24) is 10.3 Å². The summed E-state index contributed by atoms with van der Waals surface area (Å²) in [5.74, 6) is 5.92. The number of anilines is 1. The minimum atomic E-state index is -0.0321. The summed E-state index contributed by atoms with van der Waals surface area (Å²) in [6, 6.07) is 3.81. The van der Waals surface area contributed by atoms with Gasteiger partial charge in [0.15, 0.2) is 0 Å². The summed E-state index contributed by atoms with van der Waals surface area (Å²) in [6.45, 7) is 2.01.